The van der Waals surface area contributed by atoms with E-state index in [9.17, 15) is 9.59 Å². The van der Waals surface area contributed by atoms with Gasteiger partial charge in [0.25, 0.3) is 5.91 Å². The summed E-state index contributed by atoms with van der Waals surface area (Å²) in [5.41, 5.74) is 1.21. The number of hydrogen-bond acceptors (Lipinski definition) is 4. The lowest BCUT2D eigenvalue weighted by Gasteiger charge is -2.21. The van der Waals surface area contributed by atoms with E-state index >= 15 is 0 Å². The van der Waals surface area contributed by atoms with Crippen molar-refractivity contribution < 1.29 is 9.59 Å². The number of piperidine rings is 1. The van der Waals surface area contributed by atoms with E-state index in [2.05, 4.69) is 20.9 Å². The van der Waals surface area contributed by atoms with Crippen LogP contribution in [-0.2, 0) is 4.79 Å². The molecule has 1 aliphatic heterocycles. The fourth-order valence-corrected chi connectivity index (χ4v) is 2.65. The number of aromatic nitrogens is 1. The van der Waals surface area contributed by atoms with Gasteiger partial charge in [0.1, 0.15) is 5.82 Å². The Morgan fingerprint density at radius 1 is 0.962 bits per heavy atom. The van der Waals surface area contributed by atoms with Crippen molar-refractivity contribution in [3.05, 3.63) is 54.2 Å². The molecule has 1 saturated heterocycles. The van der Waals surface area contributed by atoms with Crippen LogP contribution in [0.15, 0.2) is 48.7 Å². The lowest BCUT2D eigenvalue weighted by atomic mass is 9.97. The van der Waals surface area contributed by atoms with Gasteiger partial charge in [0.2, 0.25) is 5.91 Å². The third-order valence-corrected chi connectivity index (χ3v) is 4.02. The molecule has 0 radical (unpaired) electrons. The number of carbonyl (C=O) groups is 2. The molecule has 1 aromatic heterocycles. The monoisotopic (exact) mass is 396 g/mol. The first kappa shape index (κ1) is 21.9. The van der Waals surface area contributed by atoms with Gasteiger partial charge in [-0.2, -0.15) is 0 Å². The Hall–Kier alpha value is -2.15. The normalized spacial score (nSPS) is 13.7. The van der Waals surface area contributed by atoms with Crippen LogP contribution in [0.5, 0.6) is 0 Å². The van der Waals surface area contributed by atoms with Gasteiger partial charge in [-0.15, -0.1) is 24.8 Å². The van der Waals surface area contributed by atoms with Crippen LogP contribution >= 0.6 is 24.8 Å². The van der Waals surface area contributed by atoms with Crippen molar-refractivity contribution in [1.82, 2.24) is 10.3 Å². The van der Waals surface area contributed by atoms with Gasteiger partial charge in [0, 0.05) is 11.5 Å². The van der Waals surface area contributed by atoms with Crippen LogP contribution in [0.25, 0.3) is 0 Å². The summed E-state index contributed by atoms with van der Waals surface area (Å²) < 4.78 is 0. The molecule has 1 aliphatic rings. The van der Waals surface area contributed by atoms with Gasteiger partial charge in [-0.3, -0.25) is 9.59 Å². The lowest BCUT2D eigenvalue weighted by molar-refractivity contribution is -0.120. The zero-order valence-corrected chi connectivity index (χ0v) is 15.7. The summed E-state index contributed by atoms with van der Waals surface area (Å²) in [5.74, 6) is 0.307. The molecule has 3 N–H and O–H groups in total. The first-order valence-corrected chi connectivity index (χ1v) is 8.06. The predicted molar refractivity (Wildman–Crippen MR) is 107 cm³/mol. The summed E-state index contributed by atoms with van der Waals surface area (Å²) >= 11 is 0. The van der Waals surface area contributed by atoms with Gasteiger partial charge < -0.3 is 16.0 Å². The molecule has 1 fully saturated rings. The molecule has 0 unspecified atom stereocenters. The van der Waals surface area contributed by atoms with Crippen molar-refractivity contribution >= 4 is 48.1 Å². The highest BCUT2D eigenvalue weighted by Gasteiger charge is 2.20. The van der Waals surface area contributed by atoms with Gasteiger partial charge in [0.15, 0.2) is 0 Å². The Morgan fingerprint density at radius 3 is 2.27 bits per heavy atom. The first-order valence-electron chi connectivity index (χ1n) is 8.06. The van der Waals surface area contributed by atoms with Crippen molar-refractivity contribution in [2.45, 2.75) is 12.8 Å². The summed E-state index contributed by atoms with van der Waals surface area (Å²) in [7, 11) is 0. The van der Waals surface area contributed by atoms with Gasteiger partial charge in [-0.25, -0.2) is 4.98 Å². The minimum absolute atomic E-state index is 0. The van der Waals surface area contributed by atoms with Gasteiger partial charge >= 0.3 is 0 Å². The molecule has 6 nitrogen and oxygen atoms in total. The maximum Gasteiger partial charge on any atom is 0.256 e. The second-order valence-electron chi connectivity index (χ2n) is 5.77. The van der Waals surface area contributed by atoms with Crippen LogP contribution in [0.1, 0.15) is 23.2 Å². The first-order chi connectivity index (χ1) is 11.7. The second kappa shape index (κ2) is 10.8. The number of rotatable bonds is 4. The van der Waals surface area contributed by atoms with Crippen molar-refractivity contribution in [3.63, 3.8) is 0 Å². The smallest absolute Gasteiger partial charge is 0.256 e. The largest absolute Gasteiger partial charge is 0.324 e. The highest BCUT2D eigenvalue weighted by Crippen LogP contribution is 2.16. The average molecular weight is 397 g/mol. The molecule has 2 heterocycles. The Labute approximate surface area is 165 Å². The number of benzene rings is 1. The van der Waals surface area contributed by atoms with Crippen LogP contribution in [0.3, 0.4) is 0 Å². The molecule has 0 spiro atoms. The number of carbonyl (C=O) groups excluding carboxylic acids is 2. The van der Waals surface area contributed by atoms with Crippen LogP contribution in [0.2, 0.25) is 0 Å². The third-order valence-electron chi connectivity index (χ3n) is 4.02. The third kappa shape index (κ3) is 5.98. The topological polar surface area (TPSA) is 83.1 Å². The van der Waals surface area contributed by atoms with Gasteiger partial charge in [0.05, 0.1) is 11.9 Å². The van der Waals surface area contributed by atoms with E-state index in [-0.39, 0.29) is 42.5 Å². The van der Waals surface area contributed by atoms with Crippen LogP contribution < -0.4 is 16.0 Å². The van der Waals surface area contributed by atoms with Crippen molar-refractivity contribution in [2.75, 3.05) is 23.7 Å². The molecule has 0 aliphatic carbocycles. The van der Waals surface area contributed by atoms with Crippen molar-refractivity contribution in [1.29, 1.82) is 0 Å². The van der Waals surface area contributed by atoms with E-state index < -0.39 is 0 Å². The molecule has 3 rings (SSSR count). The fourth-order valence-electron chi connectivity index (χ4n) is 2.65. The van der Waals surface area contributed by atoms with E-state index in [0.29, 0.717) is 17.1 Å². The lowest BCUT2D eigenvalue weighted by Crippen LogP contribution is -2.34. The molecule has 2 amide bonds. The van der Waals surface area contributed by atoms with Gasteiger partial charge in [-0.05, 0) is 50.2 Å². The molecule has 1 aromatic carbocycles. The zero-order valence-electron chi connectivity index (χ0n) is 14.1. The number of halogens is 2. The predicted octanol–water partition coefficient (Wildman–Crippen LogP) is 3.12. The van der Waals surface area contributed by atoms with E-state index in [0.717, 1.165) is 25.9 Å². The number of nitrogens with one attached hydrogen (secondary N) is 3. The number of hydrogen-bond donors (Lipinski definition) is 3. The minimum atomic E-state index is -0.213. The molecular formula is C18H22Cl2N4O2. The average Bonchev–Trinajstić information content (AvgIpc) is 2.65. The molecule has 0 bridgehead atoms. The molecule has 140 valence electrons. The van der Waals surface area contributed by atoms with E-state index in [4.69, 9.17) is 0 Å². The standard InChI is InChI=1S/C18H20N4O2.2ClH/c23-17(14-8-10-19-11-9-14)21-15-6-7-16(20-12-15)22-18(24)13-4-2-1-3-5-13;;/h1-7,12,14,19H,8-11H2,(H,21,23)(H,20,22,24);2*1H. The van der Waals surface area contributed by atoms with E-state index in [1.807, 2.05) is 18.2 Å². The highest BCUT2D eigenvalue weighted by atomic mass is 35.5. The van der Waals surface area contributed by atoms with E-state index in [1.54, 1.807) is 30.5 Å². The molecule has 0 atom stereocenters. The van der Waals surface area contributed by atoms with Crippen LogP contribution in [-0.4, -0.2) is 29.9 Å². The molecule has 2 aromatic rings. The number of nitrogens with zero attached hydrogens (tertiary/aromatic N) is 1. The maximum absolute atomic E-state index is 12.2. The van der Waals surface area contributed by atoms with Crippen molar-refractivity contribution in [3.8, 4) is 0 Å². The Bertz CT molecular complexity index is 705. The summed E-state index contributed by atoms with van der Waals surface area (Å²) in [6, 6.07) is 12.4. The Kier molecular flexibility index (Phi) is 9.05. The van der Waals surface area contributed by atoms with E-state index in [1.165, 1.54) is 0 Å². The molecular weight excluding hydrogens is 375 g/mol. The van der Waals surface area contributed by atoms with Gasteiger partial charge in [-0.1, -0.05) is 18.2 Å². The molecule has 26 heavy (non-hydrogen) atoms. The number of amides is 2. The van der Waals surface area contributed by atoms with Crippen LogP contribution in [0, 0.1) is 5.92 Å². The zero-order chi connectivity index (χ0) is 16.8. The Morgan fingerprint density at radius 2 is 1.65 bits per heavy atom. The highest BCUT2D eigenvalue weighted by molar-refractivity contribution is 6.03. The van der Waals surface area contributed by atoms with Crippen molar-refractivity contribution in [2.24, 2.45) is 5.92 Å². The molecule has 0 saturated carbocycles. The maximum atomic E-state index is 12.2. The SMILES string of the molecule is Cl.Cl.O=C(Nc1ccc(NC(=O)C2CCNCC2)cn1)c1ccccc1. The van der Waals surface area contributed by atoms with Crippen LogP contribution in [0.4, 0.5) is 11.5 Å². The summed E-state index contributed by atoms with van der Waals surface area (Å²) in [6.45, 7) is 1.75. The number of anilines is 2. The fraction of sp³-hybridized carbons (Fsp3) is 0.278. The summed E-state index contributed by atoms with van der Waals surface area (Å²) in [4.78, 5) is 28.4. The minimum Gasteiger partial charge on any atom is -0.324 e. The summed E-state index contributed by atoms with van der Waals surface area (Å²) in [6.07, 6.45) is 3.26. The quantitative estimate of drug-likeness (QED) is 0.741. The number of pyridine rings is 1. The Balaban J connectivity index is 0.00000169. The second-order valence-corrected chi connectivity index (χ2v) is 5.77. The molecule has 8 heteroatoms. The summed E-state index contributed by atoms with van der Waals surface area (Å²) in [5, 5.41) is 8.85.